The van der Waals surface area contributed by atoms with Gasteiger partial charge in [-0.3, -0.25) is 0 Å². The molecule has 0 aliphatic carbocycles. The highest BCUT2D eigenvalue weighted by atomic mass is 15.0. The zero-order chi connectivity index (χ0) is 10.1. The van der Waals surface area contributed by atoms with E-state index in [1.54, 1.807) is 0 Å². The molecule has 0 bridgehead atoms. The van der Waals surface area contributed by atoms with Crippen LogP contribution in [0.3, 0.4) is 0 Å². The Morgan fingerprint density at radius 2 is 2.14 bits per heavy atom. The number of benzene rings is 1. The van der Waals surface area contributed by atoms with E-state index in [1.807, 2.05) is 0 Å². The highest BCUT2D eigenvalue weighted by Gasteiger charge is 2.05. The van der Waals surface area contributed by atoms with Crippen molar-refractivity contribution in [2.24, 2.45) is 0 Å². The lowest BCUT2D eigenvalue weighted by atomic mass is 10.1. The number of nitrogens with one attached hydrogen (secondary N) is 1. The molecule has 2 heteroatoms. The van der Waals surface area contributed by atoms with Crippen molar-refractivity contribution in [1.82, 2.24) is 9.88 Å². The Balaban J connectivity index is 2.57. The number of rotatable bonds is 2. The number of aromatic nitrogens is 1. The summed E-state index contributed by atoms with van der Waals surface area (Å²) in [5.41, 5.74) is 3.75. The highest BCUT2D eigenvalue weighted by Crippen LogP contribution is 2.22. The molecular weight excluding hydrogens is 172 g/mol. The minimum absolute atomic E-state index is 0.976. The van der Waals surface area contributed by atoms with Crippen molar-refractivity contribution in [3.8, 4) is 0 Å². The third-order valence-electron chi connectivity index (χ3n) is 2.40. The quantitative estimate of drug-likeness (QED) is 0.764. The molecule has 0 saturated carbocycles. The van der Waals surface area contributed by atoms with E-state index in [-0.39, 0.29) is 0 Å². The van der Waals surface area contributed by atoms with E-state index in [2.05, 4.69) is 55.3 Å². The first-order valence-corrected chi connectivity index (χ1v) is 4.81. The molecule has 0 atom stereocenters. The van der Waals surface area contributed by atoms with Gasteiger partial charge in [-0.25, -0.2) is 0 Å². The number of nitrogens with zero attached hydrogens (tertiary/aromatic N) is 1. The Kier molecular flexibility index (Phi) is 2.30. The molecule has 0 aliphatic rings. The maximum atomic E-state index is 3.16. The number of aromatic amines is 1. The van der Waals surface area contributed by atoms with Crippen LogP contribution in [0.1, 0.15) is 11.1 Å². The van der Waals surface area contributed by atoms with Crippen molar-refractivity contribution in [3.63, 3.8) is 0 Å². The van der Waals surface area contributed by atoms with Crippen molar-refractivity contribution < 1.29 is 0 Å². The van der Waals surface area contributed by atoms with Gasteiger partial charge in [-0.15, -0.1) is 0 Å². The number of hydrogen-bond acceptors (Lipinski definition) is 1. The van der Waals surface area contributed by atoms with Crippen LogP contribution in [0.4, 0.5) is 0 Å². The molecule has 0 spiro atoms. The number of hydrogen-bond donors (Lipinski definition) is 1. The van der Waals surface area contributed by atoms with Gasteiger partial charge >= 0.3 is 0 Å². The Morgan fingerprint density at radius 3 is 2.86 bits per heavy atom. The number of fused-ring (bicyclic) bond motifs is 1. The van der Waals surface area contributed by atoms with Crippen molar-refractivity contribution in [3.05, 3.63) is 35.5 Å². The Bertz CT molecular complexity index is 441. The molecular formula is C12H15N2. The molecule has 1 aromatic heterocycles. The minimum Gasteiger partial charge on any atom is -0.353 e. The Labute approximate surface area is 84.5 Å². The summed E-state index contributed by atoms with van der Waals surface area (Å²) in [6, 6.07) is 6.36. The van der Waals surface area contributed by atoms with Crippen molar-refractivity contribution in [1.29, 1.82) is 0 Å². The summed E-state index contributed by atoms with van der Waals surface area (Å²) in [5.74, 6) is 0. The van der Waals surface area contributed by atoms with Crippen LogP contribution >= 0.6 is 0 Å². The summed E-state index contributed by atoms with van der Waals surface area (Å²) in [4.78, 5) is 5.34. The third-order valence-corrected chi connectivity index (χ3v) is 2.40. The van der Waals surface area contributed by atoms with Gasteiger partial charge in [0.1, 0.15) is 0 Å². The zero-order valence-electron chi connectivity index (χ0n) is 8.89. The van der Waals surface area contributed by atoms with Crippen LogP contribution in [0.2, 0.25) is 0 Å². The first-order valence-electron chi connectivity index (χ1n) is 4.81. The number of H-pyrrole nitrogens is 1. The van der Waals surface area contributed by atoms with Gasteiger partial charge in [0.15, 0.2) is 0 Å². The fourth-order valence-corrected chi connectivity index (χ4v) is 1.84. The first kappa shape index (κ1) is 9.28. The van der Waals surface area contributed by atoms with Gasteiger partial charge in [0.2, 0.25) is 0 Å². The first-order chi connectivity index (χ1) is 6.68. The second-order valence-corrected chi connectivity index (χ2v) is 3.95. The van der Waals surface area contributed by atoms with E-state index in [0.29, 0.717) is 0 Å². The van der Waals surface area contributed by atoms with Crippen molar-refractivity contribution in [2.75, 3.05) is 14.1 Å². The molecule has 14 heavy (non-hydrogen) atoms. The SMILES string of the molecule is Cc1[c][nH]c2cccc(CN(C)C)c12. The lowest BCUT2D eigenvalue weighted by molar-refractivity contribution is 0.404. The topological polar surface area (TPSA) is 19.0 Å². The van der Waals surface area contributed by atoms with Crippen LogP contribution in [0.25, 0.3) is 10.9 Å². The molecule has 1 N–H and O–H groups in total. The molecule has 73 valence electrons. The van der Waals surface area contributed by atoms with E-state index in [1.165, 1.54) is 22.0 Å². The van der Waals surface area contributed by atoms with Gasteiger partial charge in [-0.1, -0.05) is 12.1 Å². The zero-order valence-corrected chi connectivity index (χ0v) is 8.89. The average Bonchev–Trinajstić information content (AvgIpc) is 2.48. The van der Waals surface area contributed by atoms with Gasteiger partial charge in [0, 0.05) is 17.4 Å². The molecule has 1 heterocycles. The number of aryl methyl sites for hydroxylation is 1. The standard InChI is InChI=1S/C12H15N2/c1-9-7-13-11-6-4-5-10(12(9)11)8-14(2)3/h4-6,13H,8H2,1-3H3. The lowest BCUT2D eigenvalue weighted by Gasteiger charge is -2.10. The van der Waals surface area contributed by atoms with E-state index in [9.17, 15) is 0 Å². The summed E-state index contributed by atoms with van der Waals surface area (Å²) in [5, 5.41) is 1.32. The summed E-state index contributed by atoms with van der Waals surface area (Å²) in [6.45, 7) is 3.07. The summed E-state index contributed by atoms with van der Waals surface area (Å²) in [6.07, 6.45) is 3.15. The maximum Gasteiger partial charge on any atom is 0.0663 e. The van der Waals surface area contributed by atoms with Gasteiger partial charge < -0.3 is 9.88 Å². The predicted octanol–water partition coefficient (Wildman–Crippen LogP) is 2.34. The van der Waals surface area contributed by atoms with Crippen LogP contribution < -0.4 is 0 Å². The molecule has 2 aromatic rings. The molecule has 1 radical (unpaired) electrons. The van der Waals surface area contributed by atoms with Crippen LogP contribution in [0.15, 0.2) is 18.2 Å². The summed E-state index contributed by atoms with van der Waals surface area (Å²) < 4.78 is 0. The van der Waals surface area contributed by atoms with Crippen LogP contribution in [-0.2, 0) is 6.54 Å². The highest BCUT2D eigenvalue weighted by molar-refractivity contribution is 5.86. The molecule has 0 fully saturated rings. The minimum atomic E-state index is 0.976. The Morgan fingerprint density at radius 1 is 1.36 bits per heavy atom. The van der Waals surface area contributed by atoms with Crippen molar-refractivity contribution in [2.45, 2.75) is 13.5 Å². The van der Waals surface area contributed by atoms with Gasteiger partial charge in [-0.05, 0) is 38.2 Å². The van der Waals surface area contributed by atoms with E-state index >= 15 is 0 Å². The molecule has 0 aliphatic heterocycles. The predicted molar refractivity (Wildman–Crippen MR) is 59.3 cm³/mol. The van der Waals surface area contributed by atoms with Gasteiger partial charge in [0.05, 0.1) is 6.20 Å². The second-order valence-electron chi connectivity index (χ2n) is 3.95. The van der Waals surface area contributed by atoms with E-state index < -0.39 is 0 Å². The fraction of sp³-hybridized carbons (Fsp3) is 0.333. The van der Waals surface area contributed by atoms with E-state index in [4.69, 9.17) is 0 Å². The molecule has 0 saturated heterocycles. The van der Waals surface area contributed by atoms with Gasteiger partial charge in [0.25, 0.3) is 0 Å². The van der Waals surface area contributed by atoms with E-state index in [0.717, 1.165) is 6.54 Å². The van der Waals surface area contributed by atoms with Crippen molar-refractivity contribution >= 4 is 10.9 Å². The molecule has 0 unspecified atom stereocenters. The second kappa shape index (κ2) is 3.46. The summed E-state index contributed by atoms with van der Waals surface area (Å²) >= 11 is 0. The molecule has 2 nitrogen and oxygen atoms in total. The monoisotopic (exact) mass is 187 g/mol. The van der Waals surface area contributed by atoms with Crippen LogP contribution in [0.5, 0.6) is 0 Å². The average molecular weight is 187 g/mol. The lowest BCUT2D eigenvalue weighted by Crippen LogP contribution is -2.10. The molecule has 2 rings (SSSR count). The largest absolute Gasteiger partial charge is 0.353 e. The fourth-order valence-electron chi connectivity index (χ4n) is 1.84. The normalized spacial score (nSPS) is 11.4. The van der Waals surface area contributed by atoms with Gasteiger partial charge in [-0.2, -0.15) is 0 Å². The smallest absolute Gasteiger partial charge is 0.0663 e. The van der Waals surface area contributed by atoms with Crippen LogP contribution in [0, 0.1) is 13.1 Å². The molecule has 0 amide bonds. The summed E-state index contributed by atoms with van der Waals surface area (Å²) in [7, 11) is 4.18. The Hall–Kier alpha value is -1.28. The molecule has 1 aromatic carbocycles. The maximum absolute atomic E-state index is 3.16. The third kappa shape index (κ3) is 1.53. The van der Waals surface area contributed by atoms with Crippen LogP contribution in [-0.4, -0.2) is 24.0 Å².